The SMILES string of the molecule is C#CCC(NS(=O)(=O)c1cccc2ccccc12)C(=O)O. The van der Waals surface area contributed by atoms with Gasteiger partial charge in [-0.1, -0.05) is 36.4 Å². The maximum Gasteiger partial charge on any atom is 0.322 e. The van der Waals surface area contributed by atoms with Crippen LogP contribution < -0.4 is 4.72 Å². The highest BCUT2D eigenvalue weighted by Crippen LogP contribution is 2.22. The third-order valence-electron chi connectivity index (χ3n) is 2.96. The first-order chi connectivity index (χ1) is 9.95. The molecular weight excluding hydrogens is 290 g/mol. The maximum absolute atomic E-state index is 12.4. The molecule has 108 valence electrons. The molecular formula is C15H13NO4S. The van der Waals surface area contributed by atoms with Gasteiger partial charge in [-0.05, 0) is 11.5 Å². The standard InChI is InChI=1S/C15H13NO4S/c1-2-6-13(15(17)18)16-21(19,20)14-10-5-8-11-7-3-4-9-12(11)14/h1,3-5,7-10,13,16H,6H2,(H,17,18). The van der Waals surface area contributed by atoms with Gasteiger partial charge >= 0.3 is 5.97 Å². The molecule has 2 N–H and O–H groups in total. The van der Waals surface area contributed by atoms with Crippen LogP contribution in [0.2, 0.25) is 0 Å². The molecule has 0 spiro atoms. The molecule has 0 aromatic heterocycles. The summed E-state index contributed by atoms with van der Waals surface area (Å²) in [4.78, 5) is 11.1. The van der Waals surface area contributed by atoms with Crippen LogP contribution in [-0.2, 0) is 14.8 Å². The Bertz CT molecular complexity index is 816. The van der Waals surface area contributed by atoms with Crippen LogP contribution in [0.4, 0.5) is 0 Å². The van der Waals surface area contributed by atoms with E-state index in [4.69, 9.17) is 11.5 Å². The highest BCUT2D eigenvalue weighted by Gasteiger charge is 2.25. The van der Waals surface area contributed by atoms with Crippen molar-refractivity contribution in [1.82, 2.24) is 4.72 Å². The molecule has 2 aromatic carbocycles. The van der Waals surface area contributed by atoms with Crippen molar-refractivity contribution >= 4 is 26.8 Å². The van der Waals surface area contributed by atoms with Crippen molar-refractivity contribution in [3.8, 4) is 12.3 Å². The van der Waals surface area contributed by atoms with E-state index in [2.05, 4.69) is 10.6 Å². The minimum atomic E-state index is -3.98. The Morgan fingerprint density at radius 2 is 1.90 bits per heavy atom. The fourth-order valence-electron chi connectivity index (χ4n) is 1.98. The second-order valence-corrected chi connectivity index (χ2v) is 6.08. The Hall–Kier alpha value is -2.36. The molecule has 5 nitrogen and oxygen atoms in total. The van der Waals surface area contributed by atoms with E-state index in [1.165, 1.54) is 6.07 Å². The molecule has 0 saturated heterocycles. The largest absolute Gasteiger partial charge is 0.480 e. The van der Waals surface area contributed by atoms with Gasteiger partial charge in [0.25, 0.3) is 0 Å². The Kier molecular flexibility index (Phi) is 4.26. The van der Waals surface area contributed by atoms with Crippen LogP contribution in [0.25, 0.3) is 10.8 Å². The summed E-state index contributed by atoms with van der Waals surface area (Å²) in [5.74, 6) is 0.844. The number of nitrogens with one attached hydrogen (secondary N) is 1. The average molecular weight is 303 g/mol. The van der Waals surface area contributed by atoms with Crippen molar-refractivity contribution < 1.29 is 18.3 Å². The maximum atomic E-state index is 12.4. The van der Waals surface area contributed by atoms with Crippen LogP contribution in [-0.4, -0.2) is 25.5 Å². The molecule has 0 aliphatic heterocycles. The molecule has 1 atom stereocenters. The van der Waals surface area contributed by atoms with Crippen molar-refractivity contribution in [3.05, 3.63) is 42.5 Å². The van der Waals surface area contributed by atoms with Crippen LogP contribution >= 0.6 is 0 Å². The monoisotopic (exact) mass is 303 g/mol. The van der Waals surface area contributed by atoms with Gasteiger partial charge in [0.15, 0.2) is 0 Å². The lowest BCUT2D eigenvalue weighted by atomic mass is 10.1. The van der Waals surface area contributed by atoms with Crippen molar-refractivity contribution in [2.45, 2.75) is 17.4 Å². The van der Waals surface area contributed by atoms with Gasteiger partial charge in [0.05, 0.1) is 4.90 Å². The first-order valence-electron chi connectivity index (χ1n) is 6.12. The lowest BCUT2D eigenvalue weighted by Gasteiger charge is -2.13. The highest BCUT2D eigenvalue weighted by molar-refractivity contribution is 7.89. The molecule has 6 heteroatoms. The van der Waals surface area contributed by atoms with E-state index >= 15 is 0 Å². The summed E-state index contributed by atoms with van der Waals surface area (Å²) in [7, 11) is -3.98. The molecule has 0 amide bonds. The number of sulfonamides is 1. The predicted molar refractivity (Wildman–Crippen MR) is 79.1 cm³/mol. The average Bonchev–Trinajstić information content (AvgIpc) is 2.46. The number of benzene rings is 2. The third-order valence-corrected chi connectivity index (χ3v) is 4.49. The Balaban J connectivity index is 2.47. The fourth-order valence-corrected chi connectivity index (χ4v) is 3.40. The predicted octanol–water partition coefficient (Wildman–Crippen LogP) is 1.59. The van der Waals surface area contributed by atoms with E-state index < -0.39 is 22.0 Å². The number of carboxylic acids is 1. The number of hydrogen-bond donors (Lipinski definition) is 2. The molecule has 0 bridgehead atoms. The fraction of sp³-hybridized carbons (Fsp3) is 0.133. The summed E-state index contributed by atoms with van der Waals surface area (Å²) in [6, 6.07) is 10.4. The van der Waals surface area contributed by atoms with Gasteiger partial charge in [-0.3, -0.25) is 4.79 Å². The summed E-state index contributed by atoms with van der Waals surface area (Å²) in [5.41, 5.74) is 0. The van der Waals surface area contributed by atoms with E-state index in [0.29, 0.717) is 5.39 Å². The summed E-state index contributed by atoms with van der Waals surface area (Å²) in [6.07, 6.45) is 4.84. The van der Waals surface area contributed by atoms with Gasteiger partial charge in [-0.15, -0.1) is 12.3 Å². The Morgan fingerprint density at radius 3 is 2.57 bits per heavy atom. The van der Waals surface area contributed by atoms with E-state index in [1.54, 1.807) is 36.4 Å². The topological polar surface area (TPSA) is 83.5 Å². The number of terminal acetylenes is 1. The molecule has 0 aliphatic carbocycles. The van der Waals surface area contributed by atoms with E-state index in [0.717, 1.165) is 5.39 Å². The molecule has 1 unspecified atom stereocenters. The van der Waals surface area contributed by atoms with Crippen molar-refractivity contribution in [2.24, 2.45) is 0 Å². The second kappa shape index (κ2) is 5.95. The van der Waals surface area contributed by atoms with Gasteiger partial charge in [-0.2, -0.15) is 4.72 Å². The van der Waals surface area contributed by atoms with Gasteiger partial charge < -0.3 is 5.11 Å². The molecule has 0 fully saturated rings. The number of fused-ring (bicyclic) bond motifs is 1. The van der Waals surface area contributed by atoms with Gasteiger partial charge in [0.1, 0.15) is 6.04 Å². The summed E-state index contributed by atoms with van der Waals surface area (Å²) in [5, 5.41) is 10.3. The number of hydrogen-bond acceptors (Lipinski definition) is 3. The molecule has 2 rings (SSSR count). The number of aliphatic carboxylic acids is 1. The quantitative estimate of drug-likeness (QED) is 0.822. The second-order valence-electron chi connectivity index (χ2n) is 4.40. The molecule has 0 heterocycles. The zero-order valence-corrected chi connectivity index (χ0v) is 11.8. The van der Waals surface area contributed by atoms with Crippen molar-refractivity contribution in [3.63, 3.8) is 0 Å². The van der Waals surface area contributed by atoms with Gasteiger partial charge in [0.2, 0.25) is 10.0 Å². The normalized spacial score (nSPS) is 12.7. The van der Waals surface area contributed by atoms with Crippen LogP contribution in [0.15, 0.2) is 47.4 Å². The van der Waals surface area contributed by atoms with Crippen molar-refractivity contribution in [1.29, 1.82) is 0 Å². The molecule has 0 radical (unpaired) electrons. The summed E-state index contributed by atoms with van der Waals surface area (Å²) < 4.78 is 26.9. The number of rotatable bonds is 5. The van der Waals surface area contributed by atoms with E-state index in [9.17, 15) is 13.2 Å². The van der Waals surface area contributed by atoms with Gasteiger partial charge in [0, 0.05) is 11.8 Å². The lowest BCUT2D eigenvalue weighted by molar-refractivity contribution is -0.138. The highest BCUT2D eigenvalue weighted by atomic mass is 32.2. The summed E-state index contributed by atoms with van der Waals surface area (Å²) in [6.45, 7) is 0. The van der Waals surface area contributed by atoms with Crippen molar-refractivity contribution in [2.75, 3.05) is 0 Å². The zero-order chi connectivity index (χ0) is 15.5. The first-order valence-corrected chi connectivity index (χ1v) is 7.60. The van der Waals surface area contributed by atoms with Crippen LogP contribution in [0.3, 0.4) is 0 Å². The minimum Gasteiger partial charge on any atom is -0.480 e. The van der Waals surface area contributed by atoms with E-state index in [1.807, 2.05) is 0 Å². The van der Waals surface area contributed by atoms with Crippen LogP contribution in [0.1, 0.15) is 6.42 Å². The molecule has 21 heavy (non-hydrogen) atoms. The third kappa shape index (κ3) is 3.21. The Morgan fingerprint density at radius 1 is 1.24 bits per heavy atom. The summed E-state index contributed by atoms with van der Waals surface area (Å²) >= 11 is 0. The molecule has 0 saturated carbocycles. The first kappa shape index (κ1) is 15.0. The lowest BCUT2D eigenvalue weighted by Crippen LogP contribution is -2.40. The molecule has 0 aliphatic rings. The number of carbonyl (C=O) groups is 1. The van der Waals surface area contributed by atoms with Crippen LogP contribution in [0.5, 0.6) is 0 Å². The number of carboxylic acid groups (broad SMARTS) is 1. The Labute approximate surface area is 122 Å². The van der Waals surface area contributed by atoms with Crippen LogP contribution in [0, 0.1) is 12.3 Å². The van der Waals surface area contributed by atoms with E-state index in [-0.39, 0.29) is 11.3 Å². The zero-order valence-electron chi connectivity index (χ0n) is 11.0. The molecule has 2 aromatic rings. The minimum absolute atomic E-state index is 0.0314. The smallest absolute Gasteiger partial charge is 0.322 e. The van der Waals surface area contributed by atoms with Gasteiger partial charge in [-0.25, -0.2) is 8.42 Å².